The first-order valence-corrected chi connectivity index (χ1v) is 7.72. The Hall–Kier alpha value is -1.63. The van der Waals surface area contributed by atoms with Crippen LogP contribution in [0.2, 0.25) is 0 Å². The molecule has 0 saturated carbocycles. The molecule has 0 atom stereocenters. The van der Waals surface area contributed by atoms with Crippen LogP contribution >= 0.6 is 0 Å². The van der Waals surface area contributed by atoms with Crippen molar-refractivity contribution >= 4 is 11.6 Å². The summed E-state index contributed by atoms with van der Waals surface area (Å²) in [6.07, 6.45) is 0. The molecule has 1 amide bonds. The van der Waals surface area contributed by atoms with Crippen molar-refractivity contribution in [3.8, 4) is 0 Å². The molecule has 0 spiro atoms. The monoisotopic (exact) mass is 306 g/mol. The Morgan fingerprint density at radius 2 is 2.00 bits per heavy atom. The van der Waals surface area contributed by atoms with E-state index in [0.717, 1.165) is 38.4 Å². The first kappa shape index (κ1) is 16.7. The van der Waals surface area contributed by atoms with Crippen LogP contribution in [0.15, 0.2) is 24.3 Å². The number of hydrogen-bond acceptors (Lipinski definition) is 5. The number of nitrogens with one attached hydrogen (secondary N) is 1. The first-order valence-electron chi connectivity index (χ1n) is 7.72. The third-order valence-corrected chi connectivity index (χ3v) is 3.82. The fourth-order valence-electron chi connectivity index (χ4n) is 2.61. The molecule has 0 unspecified atom stereocenters. The maximum atomic E-state index is 11.8. The summed E-state index contributed by atoms with van der Waals surface area (Å²) in [4.78, 5) is 16.3. The molecule has 3 N–H and O–H groups in total. The molecule has 0 bridgehead atoms. The standard InChI is InChI=1S/C16H26N4O2/c1-22-10-5-18-16(21)13-20-8-6-19(7-9-20)12-14-3-2-4-15(17)11-14/h2-4,11H,5-10,12-13,17H2,1H3,(H,18,21). The Bertz CT molecular complexity index is 473. The van der Waals surface area contributed by atoms with E-state index in [2.05, 4.69) is 21.2 Å². The van der Waals surface area contributed by atoms with E-state index in [9.17, 15) is 4.79 Å². The highest BCUT2D eigenvalue weighted by atomic mass is 16.5. The van der Waals surface area contributed by atoms with E-state index in [-0.39, 0.29) is 5.91 Å². The predicted molar refractivity (Wildman–Crippen MR) is 87.5 cm³/mol. The number of methoxy groups -OCH3 is 1. The van der Waals surface area contributed by atoms with Gasteiger partial charge < -0.3 is 15.8 Å². The largest absolute Gasteiger partial charge is 0.399 e. The Morgan fingerprint density at radius 1 is 1.27 bits per heavy atom. The van der Waals surface area contributed by atoms with Crippen LogP contribution in [-0.2, 0) is 16.1 Å². The van der Waals surface area contributed by atoms with E-state index in [0.29, 0.717) is 19.7 Å². The number of anilines is 1. The number of benzene rings is 1. The highest BCUT2D eigenvalue weighted by Crippen LogP contribution is 2.11. The SMILES string of the molecule is COCCNC(=O)CN1CCN(Cc2cccc(N)c2)CC1. The molecule has 1 aliphatic rings. The van der Waals surface area contributed by atoms with Crippen molar-refractivity contribution in [2.75, 3.05) is 58.7 Å². The van der Waals surface area contributed by atoms with Crippen LogP contribution in [0.3, 0.4) is 0 Å². The van der Waals surface area contributed by atoms with Crippen LogP contribution < -0.4 is 11.1 Å². The smallest absolute Gasteiger partial charge is 0.234 e. The molecule has 1 saturated heterocycles. The molecule has 1 aliphatic heterocycles. The van der Waals surface area contributed by atoms with Gasteiger partial charge in [0.2, 0.25) is 5.91 Å². The lowest BCUT2D eigenvalue weighted by molar-refractivity contribution is -0.122. The number of carbonyl (C=O) groups is 1. The van der Waals surface area contributed by atoms with Gasteiger partial charge in [0, 0.05) is 52.1 Å². The van der Waals surface area contributed by atoms with Crippen LogP contribution in [0.5, 0.6) is 0 Å². The van der Waals surface area contributed by atoms with Crippen molar-refractivity contribution in [3.63, 3.8) is 0 Å². The van der Waals surface area contributed by atoms with Gasteiger partial charge in [-0.3, -0.25) is 14.6 Å². The minimum absolute atomic E-state index is 0.0707. The minimum Gasteiger partial charge on any atom is -0.399 e. The summed E-state index contributed by atoms with van der Waals surface area (Å²) < 4.78 is 4.92. The van der Waals surface area contributed by atoms with Crippen molar-refractivity contribution in [1.29, 1.82) is 0 Å². The molecule has 1 aromatic carbocycles. The summed E-state index contributed by atoms with van der Waals surface area (Å²) in [7, 11) is 1.63. The molecule has 0 aromatic heterocycles. The first-order chi connectivity index (χ1) is 10.7. The van der Waals surface area contributed by atoms with Crippen LogP contribution in [0.25, 0.3) is 0 Å². The fraction of sp³-hybridized carbons (Fsp3) is 0.562. The number of piperazine rings is 1. The molecular weight excluding hydrogens is 280 g/mol. The van der Waals surface area contributed by atoms with Gasteiger partial charge in [0.05, 0.1) is 13.2 Å². The molecular formula is C16H26N4O2. The molecule has 1 heterocycles. The number of nitrogen functional groups attached to an aromatic ring is 1. The van der Waals surface area contributed by atoms with E-state index in [1.54, 1.807) is 7.11 Å². The summed E-state index contributed by atoms with van der Waals surface area (Å²) in [6.45, 7) is 6.29. The second-order valence-corrected chi connectivity index (χ2v) is 5.64. The van der Waals surface area contributed by atoms with E-state index < -0.39 is 0 Å². The lowest BCUT2D eigenvalue weighted by Gasteiger charge is -2.34. The van der Waals surface area contributed by atoms with Crippen LogP contribution in [0.4, 0.5) is 5.69 Å². The van der Waals surface area contributed by atoms with Crippen LogP contribution in [0.1, 0.15) is 5.56 Å². The number of amides is 1. The fourth-order valence-corrected chi connectivity index (χ4v) is 2.61. The Morgan fingerprint density at radius 3 is 2.68 bits per heavy atom. The van der Waals surface area contributed by atoms with Gasteiger partial charge in [0.15, 0.2) is 0 Å². The zero-order valence-corrected chi connectivity index (χ0v) is 13.3. The van der Waals surface area contributed by atoms with E-state index in [1.807, 2.05) is 18.2 Å². The maximum absolute atomic E-state index is 11.8. The molecule has 1 fully saturated rings. The Balaban J connectivity index is 1.68. The Labute approximate surface area is 132 Å². The summed E-state index contributed by atoms with van der Waals surface area (Å²) in [5.74, 6) is 0.0707. The van der Waals surface area contributed by atoms with Gasteiger partial charge in [0.1, 0.15) is 0 Å². The third kappa shape index (κ3) is 5.63. The zero-order valence-electron chi connectivity index (χ0n) is 13.3. The molecule has 0 radical (unpaired) electrons. The van der Waals surface area contributed by atoms with Gasteiger partial charge in [-0.25, -0.2) is 0 Å². The van der Waals surface area contributed by atoms with Crippen LogP contribution in [0, 0.1) is 0 Å². The molecule has 22 heavy (non-hydrogen) atoms. The number of nitrogens with two attached hydrogens (primary N) is 1. The van der Waals surface area contributed by atoms with Gasteiger partial charge in [-0.15, -0.1) is 0 Å². The number of rotatable bonds is 7. The minimum atomic E-state index is 0.0707. The quantitative estimate of drug-likeness (QED) is 0.554. The number of ether oxygens (including phenoxy) is 1. The molecule has 0 aliphatic carbocycles. The molecule has 2 rings (SSSR count). The topological polar surface area (TPSA) is 70.8 Å². The van der Waals surface area contributed by atoms with Gasteiger partial charge >= 0.3 is 0 Å². The number of carbonyl (C=O) groups excluding carboxylic acids is 1. The highest BCUT2D eigenvalue weighted by molar-refractivity contribution is 5.78. The second kappa shape index (κ2) is 8.73. The molecule has 1 aromatic rings. The summed E-state index contributed by atoms with van der Waals surface area (Å²) in [5, 5.41) is 2.86. The van der Waals surface area contributed by atoms with Gasteiger partial charge in [-0.2, -0.15) is 0 Å². The lowest BCUT2D eigenvalue weighted by Crippen LogP contribution is -2.49. The number of hydrogen-bond donors (Lipinski definition) is 2. The second-order valence-electron chi connectivity index (χ2n) is 5.64. The van der Waals surface area contributed by atoms with Crippen molar-refractivity contribution < 1.29 is 9.53 Å². The molecule has 6 nitrogen and oxygen atoms in total. The zero-order chi connectivity index (χ0) is 15.8. The average molecular weight is 306 g/mol. The van der Waals surface area contributed by atoms with Gasteiger partial charge in [0.25, 0.3) is 0 Å². The van der Waals surface area contributed by atoms with Crippen LogP contribution in [-0.4, -0.2) is 68.7 Å². The Kier molecular flexibility index (Phi) is 6.64. The molecule has 6 heteroatoms. The third-order valence-electron chi connectivity index (χ3n) is 3.82. The summed E-state index contributed by atoms with van der Waals surface area (Å²) >= 11 is 0. The van der Waals surface area contributed by atoms with E-state index in [4.69, 9.17) is 10.5 Å². The van der Waals surface area contributed by atoms with Crippen molar-refractivity contribution in [2.24, 2.45) is 0 Å². The highest BCUT2D eigenvalue weighted by Gasteiger charge is 2.18. The summed E-state index contributed by atoms with van der Waals surface area (Å²) in [5.41, 5.74) is 7.86. The summed E-state index contributed by atoms with van der Waals surface area (Å²) in [6, 6.07) is 8.02. The van der Waals surface area contributed by atoms with E-state index in [1.165, 1.54) is 5.56 Å². The van der Waals surface area contributed by atoms with Crippen molar-refractivity contribution in [2.45, 2.75) is 6.54 Å². The van der Waals surface area contributed by atoms with Crippen molar-refractivity contribution in [3.05, 3.63) is 29.8 Å². The van der Waals surface area contributed by atoms with Gasteiger partial charge in [-0.1, -0.05) is 12.1 Å². The van der Waals surface area contributed by atoms with Gasteiger partial charge in [-0.05, 0) is 17.7 Å². The normalized spacial score (nSPS) is 16.6. The predicted octanol–water partition coefficient (Wildman–Crippen LogP) is 0.149. The maximum Gasteiger partial charge on any atom is 0.234 e. The number of nitrogens with zero attached hydrogens (tertiary/aromatic N) is 2. The lowest BCUT2D eigenvalue weighted by atomic mass is 10.2. The average Bonchev–Trinajstić information content (AvgIpc) is 2.50. The van der Waals surface area contributed by atoms with Crippen molar-refractivity contribution in [1.82, 2.24) is 15.1 Å². The van der Waals surface area contributed by atoms with E-state index >= 15 is 0 Å². The molecule has 122 valence electrons.